The first-order valence-electron chi connectivity index (χ1n) is 4.98. The summed E-state index contributed by atoms with van der Waals surface area (Å²) >= 11 is 2.65. The molecular formula is C10H9N3O2S2. The average Bonchev–Trinajstić information content (AvgIpc) is 2.75. The van der Waals surface area contributed by atoms with E-state index in [9.17, 15) is 0 Å². The monoisotopic (exact) mass is 267 g/mol. The second kappa shape index (κ2) is 4.42. The summed E-state index contributed by atoms with van der Waals surface area (Å²) in [5.41, 5.74) is 5.53. The van der Waals surface area contributed by atoms with Gasteiger partial charge in [-0.25, -0.2) is 0 Å². The molecule has 17 heavy (non-hydrogen) atoms. The number of fused-ring (bicyclic) bond motifs is 1. The Hall–Kier alpha value is -1.47. The zero-order chi connectivity index (χ0) is 11.7. The molecule has 0 saturated carbocycles. The van der Waals surface area contributed by atoms with Crippen LogP contribution >= 0.6 is 23.3 Å². The highest BCUT2D eigenvalue weighted by atomic mass is 32.2. The van der Waals surface area contributed by atoms with Crippen LogP contribution in [-0.2, 0) is 0 Å². The number of aromatic nitrogens is 2. The van der Waals surface area contributed by atoms with Crippen LogP contribution in [0.3, 0.4) is 0 Å². The summed E-state index contributed by atoms with van der Waals surface area (Å²) in [6.07, 6.45) is 0. The summed E-state index contributed by atoms with van der Waals surface area (Å²) in [5, 5.41) is 1.13. The minimum Gasteiger partial charge on any atom is -0.486 e. The molecule has 88 valence electrons. The molecule has 5 nitrogen and oxygen atoms in total. The van der Waals surface area contributed by atoms with Gasteiger partial charge in [0.2, 0.25) is 10.3 Å². The lowest BCUT2D eigenvalue weighted by atomic mass is 10.3. The van der Waals surface area contributed by atoms with Crippen LogP contribution in [0.2, 0.25) is 0 Å². The highest BCUT2D eigenvalue weighted by molar-refractivity contribution is 7.99. The molecule has 0 saturated heterocycles. The number of ether oxygens (including phenoxy) is 2. The van der Waals surface area contributed by atoms with Crippen LogP contribution in [0.1, 0.15) is 0 Å². The molecule has 0 aliphatic carbocycles. The zero-order valence-corrected chi connectivity index (χ0v) is 10.4. The predicted molar refractivity (Wildman–Crippen MR) is 65.9 cm³/mol. The van der Waals surface area contributed by atoms with Gasteiger partial charge in [0.25, 0.3) is 0 Å². The van der Waals surface area contributed by atoms with Crippen LogP contribution in [0.25, 0.3) is 0 Å². The SMILES string of the molecule is Nc1nc(Sc2ccc3c(c2)OCCO3)ns1. The third kappa shape index (κ3) is 2.29. The molecule has 1 aliphatic heterocycles. The molecule has 0 spiro atoms. The maximum atomic E-state index is 5.53. The second-order valence-electron chi connectivity index (χ2n) is 3.32. The van der Waals surface area contributed by atoms with Crippen molar-refractivity contribution >= 4 is 28.4 Å². The van der Waals surface area contributed by atoms with Gasteiger partial charge in [-0.15, -0.1) is 0 Å². The Morgan fingerprint density at radius 1 is 1.24 bits per heavy atom. The lowest BCUT2D eigenvalue weighted by Crippen LogP contribution is -2.15. The molecule has 2 aromatic rings. The lowest BCUT2D eigenvalue weighted by Gasteiger charge is -2.18. The fourth-order valence-corrected chi connectivity index (χ4v) is 2.77. The summed E-state index contributed by atoms with van der Waals surface area (Å²) in [5.74, 6) is 1.55. The molecule has 0 amide bonds. The zero-order valence-electron chi connectivity index (χ0n) is 8.75. The molecule has 0 atom stereocenters. The Bertz CT molecular complexity index is 544. The van der Waals surface area contributed by atoms with Gasteiger partial charge in [0.05, 0.1) is 0 Å². The Kier molecular flexibility index (Phi) is 2.77. The maximum Gasteiger partial charge on any atom is 0.206 e. The van der Waals surface area contributed by atoms with E-state index in [2.05, 4.69) is 9.36 Å². The number of nitrogen functional groups attached to an aromatic ring is 1. The normalized spacial score (nSPS) is 13.6. The summed E-state index contributed by atoms with van der Waals surface area (Å²) in [6, 6.07) is 5.78. The van der Waals surface area contributed by atoms with Crippen LogP contribution < -0.4 is 15.2 Å². The largest absolute Gasteiger partial charge is 0.486 e. The number of anilines is 1. The van der Waals surface area contributed by atoms with Crippen LogP contribution in [0.4, 0.5) is 5.13 Å². The highest BCUT2D eigenvalue weighted by Crippen LogP contribution is 2.36. The quantitative estimate of drug-likeness (QED) is 0.898. The molecule has 3 rings (SSSR count). The van der Waals surface area contributed by atoms with Gasteiger partial charge in [0.15, 0.2) is 11.5 Å². The standard InChI is InChI=1S/C10H9N3O2S2/c11-9-12-10(13-17-9)16-6-1-2-7-8(5-6)15-4-3-14-7/h1-2,5H,3-4H2,(H2,11,12,13). The molecule has 0 radical (unpaired) electrons. The van der Waals surface area contributed by atoms with E-state index in [0.717, 1.165) is 16.4 Å². The molecule has 0 fully saturated rings. The minimum atomic E-state index is 0.477. The van der Waals surface area contributed by atoms with Gasteiger partial charge in [-0.05, 0) is 30.0 Å². The molecular weight excluding hydrogens is 258 g/mol. The van der Waals surface area contributed by atoms with Crippen LogP contribution in [-0.4, -0.2) is 22.6 Å². The number of hydrogen-bond acceptors (Lipinski definition) is 7. The first-order chi connectivity index (χ1) is 8.31. The summed E-state index contributed by atoms with van der Waals surface area (Å²) < 4.78 is 15.1. The van der Waals surface area contributed by atoms with Gasteiger partial charge in [0, 0.05) is 16.4 Å². The Balaban J connectivity index is 1.84. The molecule has 0 unspecified atom stereocenters. The number of rotatable bonds is 2. The van der Waals surface area contributed by atoms with Gasteiger partial charge >= 0.3 is 0 Å². The first kappa shape index (κ1) is 10.7. The van der Waals surface area contributed by atoms with E-state index < -0.39 is 0 Å². The van der Waals surface area contributed by atoms with Crippen molar-refractivity contribution in [1.82, 2.24) is 9.36 Å². The number of hydrogen-bond donors (Lipinski definition) is 1. The first-order valence-corrected chi connectivity index (χ1v) is 6.57. The Morgan fingerprint density at radius 2 is 2.06 bits per heavy atom. The van der Waals surface area contributed by atoms with Gasteiger partial charge in [-0.1, -0.05) is 0 Å². The van der Waals surface area contributed by atoms with Gasteiger partial charge < -0.3 is 15.2 Å². The van der Waals surface area contributed by atoms with Crippen LogP contribution in [0.5, 0.6) is 11.5 Å². The minimum absolute atomic E-state index is 0.477. The van der Waals surface area contributed by atoms with E-state index in [1.165, 1.54) is 23.3 Å². The van der Waals surface area contributed by atoms with E-state index in [1.54, 1.807) is 0 Å². The van der Waals surface area contributed by atoms with Crippen molar-refractivity contribution < 1.29 is 9.47 Å². The Morgan fingerprint density at radius 3 is 2.82 bits per heavy atom. The molecule has 7 heteroatoms. The predicted octanol–water partition coefficient (Wildman–Crippen LogP) is 2.04. The van der Waals surface area contributed by atoms with Crippen molar-refractivity contribution in [3.63, 3.8) is 0 Å². The van der Waals surface area contributed by atoms with Gasteiger partial charge in [-0.2, -0.15) is 9.36 Å². The summed E-state index contributed by atoms with van der Waals surface area (Å²) in [7, 11) is 0. The summed E-state index contributed by atoms with van der Waals surface area (Å²) in [6.45, 7) is 1.19. The van der Waals surface area contributed by atoms with Gasteiger partial charge in [-0.3, -0.25) is 0 Å². The Labute approximate surface area is 106 Å². The van der Waals surface area contributed by atoms with E-state index in [-0.39, 0.29) is 0 Å². The molecule has 2 heterocycles. The second-order valence-corrected chi connectivity index (χ2v) is 5.15. The average molecular weight is 267 g/mol. The van der Waals surface area contributed by atoms with Gasteiger partial charge in [0.1, 0.15) is 13.2 Å². The molecule has 2 N–H and O–H groups in total. The van der Waals surface area contributed by atoms with E-state index in [4.69, 9.17) is 15.2 Å². The molecule has 1 aromatic carbocycles. The fraction of sp³-hybridized carbons (Fsp3) is 0.200. The maximum absolute atomic E-state index is 5.53. The van der Waals surface area contributed by atoms with Crippen LogP contribution in [0.15, 0.2) is 28.3 Å². The highest BCUT2D eigenvalue weighted by Gasteiger charge is 2.13. The van der Waals surface area contributed by atoms with Crippen molar-refractivity contribution in [3.8, 4) is 11.5 Å². The molecule has 0 bridgehead atoms. The van der Waals surface area contributed by atoms with E-state index >= 15 is 0 Å². The third-order valence-electron chi connectivity index (χ3n) is 2.15. The lowest BCUT2D eigenvalue weighted by molar-refractivity contribution is 0.171. The molecule has 1 aliphatic rings. The van der Waals surface area contributed by atoms with Crippen LogP contribution in [0, 0.1) is 0 Å². The number of benzene rings is 1. The van der Waals surface area contributed by atoms with Crippen molar-refractivity contribution in [3.05, 3.63) is 18.2 Å². The van der Waals surface area contributed by atoms with E-state index in [0.29, 0.717) is 23.5 Å². The van der Waals surface area contributed by atoms with E-state index in [1.807, 2.05) is 18.2 Å². The van der Waals surface area contributed by atoms with Crippen molar-refractivity contribution in [2.45, 2.75) is 10.1 Å². The third-order valence-corrected chi connectivity index (χ3v) is 3.66. The number of nitrogens with zero attached hydrogens (tertiary/aromatic N) is 2. The molecule has 1 aromatic heterocycles. The smallest absolute Gasteiger partial charge is 0.206 e. The number of nitrogens with two attached hydrogens (primary N) is 1. The topological polar surface area (TPSA) is 70.3 Å². The van der Waals surface area contributed by atoms with Crippen molar-refractivity contribution in [1.29, 1.82) is 0 Å². The van der Waals surface area contributed by atoms with Crippen molar-refractivity contribution in [2.75, 3.05) is 18.9 Å². The van der Waals surface area contributed by atoms with Crippen molar-refractivity contribution in [2.24, 2.45) is 0 Å². The fourth-order valence-electron chi connectivity index (χ4n) is 1.45. The summed E-state index contributed by atoms with van der Waals surface area (Å²) in [4.78, 5) is 5.10.